The molecule has 7 heteroatoms. The van der Waals surface area contributed by atoms with Crippen LogP contribution >= 0.6 is 0 Å². The molecule has 1 amide bonds. The molecular weight excluding hydrogens is 189 g/mol. The van der Waals surface area contributed by atoms with Crippen molar-refractivity contribution < 1.29 is 9.18 Å². The second kappa shape index (κ2) is 3.95. The van der Waals surface area contributed by atoms with Crippen LogP contribution in [0, 0.1) is 6.08 Å². The van der Waals surface area contributed by atoms with Crippen molar-refractivity contribution in [2.45, 2.75) is 0 Å². The maximum absolute atomic E-state index is 12.8. The Bertz CT molecular complexity index is 343. The molecule has 0 aliphatic heterocycles. The lowest BCUT2D eigenvalue weighted by Crippen LogP contribution is -2.21. The number of carbonyl (C=O) groups excluding carboxylic acids is 1. The third kappa shape index (κ3) is 2.12. The smallest absolute Gasteiger partial charge is 0.319 e. The Morgan fingerprint density at radius 2 is 1.71 bits per heavy atom. The fourth-order valence-corrected chi connectivity index (χ4v) is 0.720. The number of halogens is 1. The Morgan fingerprint density at radius 1 is 1.14 bits per heavy atom. The number of aromatic nitrogens is 3. The highest BCUT2D eigenvalue weighted by Gasteiger charge is 2.10. The summed E-state index contributed by atoms with van der Waals surface area (Å²) in [5, 5.41) is 0. The molecule has 0 aliphatic carbocycles. The molecule has 1 aromatic rings. The molecule has 0 aliphatic rings. The third-order valence-corrected chi connectivity index (χ3v) is 1.42. The van der Waals surface area contributed by atoms with Crippen LogP contribution in [0.15, 0.2) is 0 Å². The van der Waals surface area contributed by atoms with Crippen molar-refractivity contribution in [3.63, 3.8) is 0 Å². The first-order chi connectivity index (χ1) is 6.54. The van der Waals surface area contributed by atoms with Gasteiger partial charge in [0, 0.05) is 21.1 Å². The molecule has 0 atom stereocenters. The van der Waals surface area contributed by atoms with Gasteiger partial charge in [0.1, 0.15) is 0 Å². The van der Waals surface area contributed by atoms with Gasteiger partial charge in [0.25, 0.3) is 0 Å². The van der Waals surface area contributed by atoms with Crippen molar-refractivity contribution in [2.24, 2.45) is 0 Å². The van der Waals surface area contributed by atoms with E-state index in [2.05, 4.69) is 15.0 Å². The summed E-state index contributed by atoms with van der Waals surface area (Å²) in [6, 6.07) is 0. The van der Waals surface area contributed by atoms with Crippen LogP contribution < -0.4 is 9.80 Å². The minimum atomic E-state index is -0.930. The number of hydrogen-bond acceptors (Lipinski definition) is 5. The van der Waals surface area contributed by atoms with E-state index in [9.17, 15) is 9.18 Å². The predicted octanol–water partition coefficient (Wildman–Crippen LogP) is -0.420. The summed E-state index contributed by atoms with van der Waals surface area (Å²) in [6.07, 6.45) is 0.590. The van der Waals surface area contributed by atoms with Gasteiger partial charge in [0.15, 0.2) is 0 Å². The van der Waals surface area contributed by atoms with Crippen LogP contribution in [0.4, 0.5) is 16.3 Å². The van der Waals surface area contributed by atoms with E-state index in [-0.39, 0.29) is 11.9 Å². The van der Waals surface area contributed by atoms with Gasteiger partial charge in [-0.2, -0.15) is 19.3 Å². The van der Waals surface area contributed by atoms with Gasteiger partial charge in [-0.05, 0) is 0 Å². The Hall–Kier alpha value is -1.79. The summed E-state index contributed by atoms with van der Waals surface area (Å²) in [4.78, 5) is 23.3. The Labute approximate surface area is 80.4 Å². The van der Waals surface area contributed by atoms with Gasteiger partial charge < -0.3 is 4.90 Å². The highest BCUT2D eigenvalue weighted by molar-refractivity contribution is 5.70. The molecule has 0 saturated carbocycles. The highest BCUT2D eigenvalue weighted by atomic mass is 19.1. The van der Waals surface area contributed by atoms with E-state index in [0.29, 0.717) is 0 Å². The molecule has 75 valence electrons. The minimum absolute atomic E-state index is 0.0730. The fourth-order valence-electron chi connectivity index (χ4n) is 0.720. The lowest BCUT2D eigenvalue weighted by Gasteiger charge is -2.12. The van der Waals surface area contributed by atoms with Crippen LogP contribution in [-0.2, 0) is 4.79 Å². The van der Waals surface area contributed by atoms with E-state index in [1.807, 2.05) is 0 Å². The van der Waals surface area contributed by atoms with Crippen LogP contribution in [0.25, 0.3) is 0 Å². The Kier molecular flexibility index (Phi) is 2.90. The molecule has 0 spiro atoms. The van der Waals surface area contributed by atoms with Crippen molar-refractivity contribution in [3.05, 3.63) is 6.08 Å². The van der Waals surface area contributed by atoms with E-state index in [1.165, 1.54) is 18.4 Å². The Morgan fingerprint density at radius 3 is 2.21 bits per heavy atom. The maximum atomic E-state index is 12.8. The number of anilines is 2. The van der Waals surface area contributed by atoms with E-state index < -0.39 is 6.08 Å². The van der Waals surface area contributed by atoms with Crippen molar-refractivity contribution in [1.29, 1.82) is 0 Å². The first-order valence-corrected chi connectivity index (χ1v) is 3.75. The standard InChI is InChI=1S/C7H9FN5O/c1-12(2)6-9-5(8)10-7(11-6)13(3)4-14/h1-3H3. The number of amides is 1. The first kappa shape index (κ1) is 10.3. The number of hydrogen-bond donors (Lipinski definition) is 0. The predicted molar refractivity (Wildman–Crippen MR) is 48.2 cm³/mol. The van der Waals surface area contributed by atoms with Crippen LogP contribution in [0.5, 0.6) is 0 Å². The molecule has 0 fully saturated rings. The van der Waals surface area contributed by atoms with Gasteiger partial charge in [-0.1, -0.05) is 0 Å². The van der Waals surface area contributed by atoms with Gasteiger partial charge in [0.05, 0.1) is 0 Å². The zero-order valence-corrected chi connectivity index (χ0v) is 8.02. The summed E-state index contributed by atoms with van der Waals surface area (Å²) in [5.41, 5.74) is 0. The minimum Gasteiger partial charge on any atom is -0.347 e. The quantitative estimate of drug-likeness (QED) is 0.617. The van der Waals surface area contributed by atoms with Crippen molar-refractivity contribution in [2.75, 3.05) is 30.9 Å². The molecule has 1 radical (unpaired) electrons. The van der Waals surface area contributed by atoms with E-state index >= 15 is 0 Å². The van der Waals surface area contributed by atoms with Crippen molar-refractivity contribution >= 4 is 18.3 Å². The molecule has 0 N–H and O–H groups in total. The molecule has 14 heavy (non-hydrogen) atoms. The zero-order chi connectivity index (χ0) is 10.7. The molecule has 1 aromatic heterocycles. The summed E-state index contributed by atoms with van der Waals surface area (Å²) in [5.74, 6) is 0.0748. The van der Waals surface area contributed by atoms with Crippen LogP contribution in [0.1, 0.15) is 0 Å². The second-order valence-corrected chi connectivity index (χ2v) is 2.75. The number of rotatable bonds is 3. The van der Waals surface area contributed by atoms with Crippen LogP contribution in [0.2, 0.25) is 0 Å². The van der Waals surface area contributed by atoms with E-state index in [1.54, 1.807) is 14.1 Å². The second-order valence-electron chi connectivity index (χ2n) is 2.75. The van der Waals surface area contributed by atoms with Gasteiger partial charge in [-0.25, -0.2) is 0 Å². The molecule has 1 rings (SSSR count). The average molecular weight is 198 g/mol. The van der Waals surface area contributed by atoms with E-state index in [4.69, 9.17) is 0 Å². The molecule has 6 nitrogen and oxygen atoms in total. The molecule has 0 saturated heterocycles. The average Bonchev–Trinajstić information content (AvgIpc) is 2.15. The number of nitrogens with zero attached hydrogens (tertiary/aromatic N) is 5. The summed E-state index contributed by atoms with van der Waals surface area (Å²) in [7, 11) is 4.69. The molecule has 0 unspecified atom stereocenters. The summed E-state index contributed by atoms with van der Waals surface area (Å²) >= 11 is 0. The lowest BCUT2D eigenvalue weighted by atomic mass is 10.7. The van der Waals surface area contributed by atoms with Gasteiger partial charge in [0.2, 0.25) is 11.9 Å². The third-order valence-electron chi connectivity index (χ3n) is 1.42. The summed E-state index contributed by atoms with van der Waals surface area (Å²) in [6.45, 7) is 0. The molecule has 0 aromatic carbocycles. The van der Waals surface area contributed by atoms with Crippen LogP contribution in [0.3, 0.4) is 0 Å². The molecule has 0 bridgehead atoms. The SMILES string of the molecule is CN(C)c1nc(F)nc(N(C)[C]=O)n1. The normalized spacial score (nSPS) is 9.71. The first-order valence-electron chi connectivity index (χ1n) is 3.75. The topological polar surface area (TPSA) is 62.2 Å². The van der Waals surface area contributed by atoms with E-state index in [0.717, 1.165) is 4.90 Å². The fraction of sp³-hybridized carbons (Fsp3) is 0.429. The maximum Gasteiger partial charge on any atom is 0.319 e. The Balaban J connectivity index is 3.13. The van der Waals surface area contributed by atoms with Crippen molar-refractivity contribution in [3.8, 4) is 0 Å². The van der Waals surface area contributed by atoms with Crippen LogP contribution in [-0.4, -0.2) is 42.5 Å². The molecule has 1 heterocycles. The van der Waals surface area contributed by atoms with Gasteiger partial charge in [-0.3, -0.25) is 9.69 Å². The monoisotopic (exact) mass is 198 g/mol. The zero-order valence-electron chi connectivity index (χ0n) is 8.02. The molecular formula is C7H9FN5O. The highest BCUT2D eigenvalue weighted by Crippen LogP contribution is 2.08. The van der Waals surface area contributed by atoms with Gasteiger partial charge >= 0.3 is 12.5 Å². The largest absolute Gasteiger partial charge is 0.347 e. The lowest BCUT2D eigenvalue weighted by molar-refractivity contribution is 0.529. The van der Waals surface area contributed by atoms with Crippen molar-refractivity contribution in [1.82, 2.24) is 15.0 Å². The van der Waals surface area contributed by atoms with Gasteiger partial charge in [-0.15, -0.1) is 0 Å². The summed E-state index contributed by atoms with van der Waals surface area (Å²) < 4.78 is 12.8.